The Morgan fingerprint density at radius 2 is 1.58 bits per heavy atom. The predicted molar refractivity (Wildman–Crippen MR) is 182 cm³/mol. The quantitative estimate of drug-likeness (QED) is 0.0706. The van der Waals surface area contributed by atoms with Gasteiger partial charge in [-0.05, 0) is 42.4 Å². The lowest BCUT2D eigenvalue weighted by Crippen LogP contribution is -2.38. The molecule has 2 aliphatic rings. The van der Waals surface area contributed by atoms with Crippen molar-refractivity contribution in [1.82, 2.24) is 5.48 Å². The number of Topliss-reactive ketones (excluding diaryl/α,β-unsaturated/α-hetero) is 4. The molecule has 3 atom stereocenters. The first-order chi connectivity index (χ1) is 22.9. The molecule has 10 nitrogen and oxygen atoms in total. The van der Waals surface area contributed by atoms with Crippen LogP contribution in [0.1, 0.15) is 133 Å². The highest BCUT2D eigenvalue weighted by Crippen LogP contribution is 2.58. The molecular weight excluding hydrogens is 612 g/mol. The topological polar surface area (TPSA) is 145 Å². The fraction of sp³-hybridized carbons (Fsp3) is 0.553. The molecule has 0 bridgehead atoms. The van der Waals surface area contributed by atoms with Crippen LogP contribution in [-0.4, -0.2) is 47.3 Å². The van der Waals surface area contributed by atoms with E-state index in [0.717, 1.165) is 30.4 Å². The Morgan fingerprint density at radius 3 is 2.17 bits per heavy atom. The molecule has 1 aromatic rings. The van der Waals surface area contributed by atoms with Gasteiger partial charge in [-0.15, -0.1) is 0 Å². The number of hydrogen-bond acceptors (Lipinski definition) is 10. The lowest BCUT2D eigenvalue weighted by atomic mass is 9.64. The number of ketones is 4. The number of hydrogen-bond donors (Lipinski definition) is 1. The van der Waals surface area contributed by atoms with Gasteiger partial charge in [0.05, 0.1) is 0 Å². The van der Waals surface area contributed by atoms with Crippen molar-refractivity contribution in [3.8, 4) is 0 Å². The highest BCUT2D eigenvalue weighted by Gasteiger charge is 2.53. The van der Waals surface area contributed by atoms with Crippen LogP contribution in [0, 0.1) is 11.8 Å². The third-order valence-corrected chi connectivity index (χ3v) is 9.31. The first-order valence-electron chi connectivity index (χ1n) is 17.2. The molecule has 2 aliphatic carbocycles. The SMILES string of the molecule is CCCC/C(=N\OC(C)=O)C(=O)c1ccc2c(c1)C(CC(=O)CC)(CC(=O)CC)C1C=C(C(=O)C(CCCC)CNOC(C)=O)C=CC21. The Kier molecular flexibility index (Phi) is 14.3. The summed E-state index contributed by atoms with van der Waals surface area (Å²) in [5, 5.41) is 3.88. The highest BCUT2D eigenvalue weighted by atomic mass is 16.7. The third-order valence-electron chi connectivity index (χ3n) is 9.31. The Hall–Kier alpha value is -4.05. The van der Waals surface area contributed by atoms with Crippen molar-refractivity contribution < 1.29 is 38.4 Å². The van der Waals surface area contributed by atoms with Gasteiger partial charge in [-0.3, -0.25) is 24.0 Å². The number of unbranched alkanes of at least 4 members (excludes halogenated alkanes) is 2. The van der Waals surface area contributed by atoms with Crippen LogP contribution in [0.4, 0.5) is 0 Å². The van der Waals surface area contributed by atoms with E-state index in [1.807, 2.05) is 38.1 Å². The summed E-state index contributed by atoms with van der Waals surface area (Å²) in [6.07, 6.45) is 10.5. The molecular formula is C38H50N2O8. The number of benzene rings is 1. The molecule has 0 aromatic heterocycles. The molecule has 260 valence electrons. The van der Waals surface area contributed by atoms with Crippen LogP contribution in [0.2, 0.25) is 0 Å². The van der Waals surface area contributed by atoms with Gasteiger partial charge in [-0.2, -0.15) is 5.48 Å². The van der Waals surface area contributed by atoms with Crippen molar-refractivity contribution in [2.24, 2.45) is 17.0 Å². The van der Waals surface area contributed by atoms with Crippen LogP contribution in [0.5, 0.6) is 0 Å². The van der Waals surface area contributed by atoms with E-state index < -0.39 is 29.2 Å². The molecule has 48 heavy (non-hydrogen) atoms. The summed E-state index contributed by atoms with van der Waals surface area (Å²) in [6.45, 7) is 10.3. The number of nitrogens with one attached hydrogen (secondary N) is 1. The second kappa shape index (κ2) is 17.9. The molecule has 0 aliphatic heterocycles. The molecule has 0 fully saturated rings. The molecule has 3 rings (SSSR count). The zero-order chi connectivity index (χ0) is 35.4. The van der Waals surface area contributed by atoms with Gasteiger partial charge in [0, 0.05) is 74.5 Å². The molecule has 1 N–H and O–H groups in total. The van der Waals surface area contributed by atoms with Crippen molar-refractivity contribution in [1.29, 1.82) is 0 Å². The summed E-state index contributed by atoms with van der Waals surface area (Å²) in [6, 6.07) is 5.36. The maximum atomic E-state index is 14.0. The minimum Gasteiger partial charge on any atom is -0.371 e. The zero-order valence-corrected chi connectivity index (χ0v) is 29.2. The summed E-state index contributed by atoms with van der Waals surface area (Å²) in [5.41, 5.74) is 4.21. The number of allylic oxidation sites excluding steroid dienone is 4. The van der Waals surface area contributed by atoms with Crippen LogP contribution in [0.25, 0.3) is 0 Å². The van der Waals surface area contributed by atoms with E-state index in [0.29, 0.717) is 30.4 Å². The number of carbonyl (C=O) groups excluding carboxylic acids is 6. The van der Waals surface area contributed by atoms with Crippen molar-refractivity contribution >= 4 is 40.8 Å². The van der Waals surface area contributed by atoms with Gasteiger partial charge < -0.3 is 9.68 Å². The molecule has 0 radical (unpaired) electrons. The van der Waals surface area contributed by atoms with Crippen LogP contribution in [-0.2, 0) is 39.1 Å². The van der Waals surface area contributed by atoms with E-state index in [1.54, 1.807) is 26.0 Å². The molecule has 0 saturated heterocycles. The minimum atomic E-state index is -0.988. The average molecular weight is 663 g/mol. The van der Waals surface area contributed by atoms with E-state index in [4.69, 9.17) is 9.68 Å². The van der Waals surface area contributed by atoms with Gasteiger partial charge in [0.25, 0.3) is 0 Å². The van der Waals surface area contributed by atoms with Crippen LogP contribution < -0.4 is 5.48 Å². The predicted octanol–water partition coefficient (Wildman–Crippen LogP) is 6.61. The second-order valence-electron chi connectivity index (χ2n) is 12.8. The van der Waals surface area contributed by atoms with Crippen molar-refractivity contribution in [3.63, 3.8) is 0 Å². The van der Waals surface area contributed by atoms with E-state index in [9.17, 15) is 28.8 Å². The number of oxime groups is 1. The number of fused-ring (bicyclic) bond motifs is 3. The summed E-state index contributed by atoms with van der Waals surface area (Å²) in [5.74, 6) is -2.74. The first-order valence-corrected chi connectivity index (χ1v) is 17.2. The first kappa shape index (κ1) is 38.4. The Morgan fingerprint density at radius 1 is 0.917 bits per heavy atom. The maximum Gasteiger partial charge on any atom is 0.331 e. The van der Waals surface area contributed by atoms with Gasteiger partial charge in [0.1, 0.15) is 17.3 Å². The fourth-order valence-corrected chi connectivity index (χ4v) is 6.77. The Labute approximate surface area is 283 Å². The lowest BCUT2D eigenvalue weighted by Gasteiger charge is -2.37. The normalized spacial score (nSPS) is 18.3. The van der Waals surface area contributed by atoms with E-state index >= 15 is 0 Å². The van der Waals surface area contributed by atoms with Crippen LogP contribution in [0.3, 0.4) is 0 Å². The van der Waals surface area contributed by atoms with Gasteiger partial charge in [-0.1, -0.05) is 82.5 Å². The van der Waals surface area contributed by atoms with Gasteiger partial charge in [0.2, 0.25) is 5.78 Å². The maximum absolute atomic E-state index is 14.0. The molecule has 1 aromatic carbocycles. The Bertz CT molecular complexity index is 1470. The number of rotatable bonds is 20. The highest BCUT2D eigenvalue weighted by molar-refractivity contribution is 6.46. The van der Waals surface area contributed by atoms with Crippen LogP contribution >= 0.6 is 0 Å². The minimum absolute atomic E-state index is 0.0236. The van der Waals surface area contributed by atoms with Gasteiger partial charge in [-0.25, -0.2) is 4.79 Å². The summed E-state index contributed by atoms with van der Waals surface area (Å²) >= 11 is 0. The number of nitrogens with zero attached hydrogens (tertiary/aromatic N) is 1. The van der Waals surface area contributed by atoms with Crippen molar-refractivity contribution in [2.75, 3.05) is 6.54 Å². The third kappa shape index (κ3) is 9.30. The fourth-order valence-electron chi connectivity index (χ4n) is 6.77. The summed E-state index contributed by atoms with van der Waals surface area (Å²) < 4.78 is 0. The lowest BCUT2D eigenvalue weighted by molar-refractivity contribution is -0.149. The second-order valence-corrected chi connectivity index (χ2v) is 12.8. The molecule has 0 spiro atoms. The van der Waals surface area contributed by atoms with Crippen LogP contribution in [0.15, 0.2) is 47.2 Å². The summed E-state index contributed by atoms with van der Waals surface area (Å²) in [4.78, 5) is 87.1. The average Bonchev–Trinajstić information content (AvgIpc) is 3.32. The largest absolute Gasteiger partial charge is 0.371 e. The standard InChI is InChI=1S/C38H50N2O8/c1-7-11-13-28(23-39-47-24(5)41)36(45)26-15-17-31-32-18-16-27(37(46)35(14-12-8-2)40-48-25(6)42)20-34(32)38(33(31)19-26,21-29(43)9-3)22-30(44)10-4/h15-20,28,31,33,39H,7-14,21-23H2,1-6H3/b40-35+. The van der Waals surface area contributed by atoms with E-state index in [2.05, 4.69) is 10.6 Å². The monoisotopic (exact) mass is 662 g/mol. The van der Waals surface area contributed by atoms with Gasteiger partial charge >= 0.3 is 11.9 Å². The Balaban J connectivity index is 2.17. The van der Waals surface area contributed by atoms with Gasteiger partial charge in [0.15, 0.2) is 5.78 Å². The van der Waals surface area contributed by atoms with Crippen molar-refractivity contribution in [2.45, 2.75) is 117 Å². The zero-order valence-electron chi connectivity index (χ0n) is 29.2. The van der Waals surface area contributed by atoms with Crippen molar-refractivity contribution in [3.05, 3.63) is 58.7 Å². The molecule has 0 heterocycles. The summed E-state index contributed by atoms with van der Waals surface area (Å²) in [7, 11) is 0. The molecule has 3 unspecified atom stereocenters. The van der Waals surface area contributed by atoms with E-state index in [1.165, 1.54) is 13.8 Å². The molecule has 0 saturated carbocycles. The number of hydroxylamine groups is 1. The van der Waals surface area contributed by atoms with E-state index in [-0.39, 0.29) is 67.0 Å². The smallest absolute Gasteiger partial charge is 0.331 e. The molecule has 10 heteroatoms. The number of carbonyl (C=O) groups is 6. The molecule has 0 amide bonds.